The fourth-order valence-electron chi connectivity index (χ4n) is 4.14. The van der Waals surface area contributed by atoms with Crippen LogP contribution in [-0.4, -0.2) is 103 Å². The van der Waals surface area contributed by atoms with E-state index in [9.17, 15) is 24.0 Å². The van der Waals surface area contributed by atoms with Gasteiger partial charge in [-0.1, -0.05) is 36.4 Å². The number of H-pyrrole nitrogens is 2. The molecule has 17 heteroatoms. The zero-order valence-electron chi connectivity index (χ0n) is 26.0. The Hall–Kier alpha value is -5.33. The van der Waals surface area contributed by atoms with Gasteiger partial charge in [0.1, 0.15) is 18.1 Å². The summed E-state index contributed by atoms with van der Waals surface area (Å²) in [5.74, 6) is -4.60. The second kappa shape index (κ2) is 21.5. The molecule has 0 aliphatic carbocycles. The van der Waals surface area contributed by atoms with Gasteiger partial charge in [-0.2, -0.15) is 0 Å². The summed E-state index contributed by atoms with van der Waals surface area (Å²) < 4.78 is 0. The van der Waals surface area contributed by atoms with E-state index in [1.165, 1.54) is 0 Å². The molecule has 16 N–H and O–H groups in total. The van der Waals surface area contributed by atoms with E-state index in [4.69, 9.17) is 37.0 Å². The van der Waals surface area contributed by atoms with Crippen molar-refractivity contribution in [2.75, 3.05) is 19.6 Å². The summed E-state index contributed by atoms with van der Waals surface area (Å²) in [6.07, 6.45) is 6.10. The summed E-state index contributed by atoms with van der Waals surface area (Å²) in [7, 11) is 0. The molecule has 262 valence electrons. The quantitative estimate of drug-likeness (QED) is 0.112. The van der Waals surface area contributed by atoms with Crippen molar-refractivity contribution >= 4 is 51.7 Å². The third-order valence-corrected chi connectivity index (χ3v) is 6.57. The molecule has 3 heterocycles. The number of nitrogens with two attached hydrogens (primary N) is 4. The van der Waals surface area contributed by atoms with E-state index in [0.29, 0.717) is 12.8 Å². The van der Waals surface area contributed by atoms with Gasteiger partial charge in [0.05, 0.1) is 13.1 Å². The average molecular weight is 674 g/mol. The summed E-state index contributed by atoms with van der Waals surface area (Å²) in [5, 5.41) is 45.9. The maximum Gasteiger partial charge on any atom is 0.320 e. The molecule has 5 rings (SSSR count). The predicted octanol–water partition coefficient (Wildman–Crippen LogP) is 0.127. The second-order valence-electron chi connectivity index (χ2n) is 10.2. The molecule has 1 aliphatic heterocycles. The molecule has 3 atom stereocenters. The topological polar surface area (TPSA) is 334 Å². The molecule has 1 aliphatic rings. The molecular formula is C31H43N7O10. The standard InChI is InChI=1S/2C11H12N2O2.C5H9NO2.2C2H5NO2/c2*12-9(11(14)15)5-7-6-13-10-4-2-1-3-8(7)10;7-5(8)4-2-1-3-6-4;2*3-1-2(4)5/h2*1-4,6,9,13H,5,12H2,(H,14,15);4,6H,1-3H2,(H,7,8);2*1,3H2,(H,4,5)/t2*9-;4-;;/m000../s1. The van der Waals surface area contributed by atoms with E-state index in [0.717, 1.165) is 52.3 Å². The average Bonchev–Trinajstić information content (AvgIpc) is 3.84. The highest BCUT2D eigenvalue weighted by Crippen LogP contribution is 2.19. The molecule has 0 bridgehead atoms. The number of carboxylic acids is 5. The van der Waals surface area contributed by atoms with Crippen LogP contribution in [0.15, 0.2) is 60.9 Å². The third kappa shape index (κ3) is 14.8. The van der Waals surface area contributed by atoms with Gasteiger partial charge in [-0.25, -0.2) is 0 Å². The lowest BCUT2D eigenvalue weighted by atomic mass is 10.1. The Labute approximate surface area is 274 Å². The van der Waals surface area contributed by atoms with E-state index in [1.807, 2.05) is 60.9 Å². The summed E-state index contributed by atoms with van der Waals surface area (Å²) in [6.45, 7) is 0.303. The molecule has 0 saturated carbocycles. The van der Waals surface area contributed by atoms with E-state index in [1.54, 1.807) is 0 Å². The minimum absolute atomic E-state index is 0.269. The SMILES string of the molecule is NCC(=O)O.NCC(=O)O.N[C@@H](Cc1c[nH]c2ccccc12)C(=O)O.N[C@@H](Cc1c[nH]c2ccccc12)C(=O)O.O=C(O)[C@@H]1CCCN1. The molecule has 0 radical (unpaired) electrons. The number of aromatic nitrogens is 2. The maximum absolute atomic E-state index is 10.6. The zero-order valence-corrected chi connectivity index (χ0v) is 26.0. The normalized spacial score (nSPS) is 14.3. The van der Waals surface area contributed by atoms with Gasteiger partial charge in [0.2, 0.25) is 0 Å². The van der Waals surface area contributed by atoms with Crippen LogP contribution in [0.5, 0.6) is 0 Å². The van der Waals surface area contributed by atoms with Gasteiger partial charge in [-0.05, 0) is 42.6 Å². The van der Waals surface area contributed by atoms with Crippen LogP contribution < -0.4 is 28.3 Å². The number of rotatable bonds is 9. The molecule has 2 aromatic heterocycles. The van der Waals surface area contributed by atoms with Gasteiger partial charge in [-0.15, -0.1) is 0 Å². The lowest BCUT2D eigenvalue weighted by molar-refractivity contribution is -0.139. The van der Waals surface area contributed by atoms with Crippen LogP contribution in [0.25, 0.3) is 21.8 Å². The lowest BCUT2D eigenvalue weighted by Gasteiger charge is -2.04. The number of benzene rings is 2. The molecule has 0 spiro atoms. The van der Waals surface area contributed by atoms with Crippen LogP contribution in [0.3, 0.4) is 0 Å². The fourth-order valence-corrected chi connectivity index (χ4v) is 4.14. The molecule has 0 amide bonds. The molecule has 0 unspecified atom stereocenters. The van der Waals surface area contributed by atoms with Gasteiger partial charge in [0.25, 0.3) is 0 Å². The Kier molecular flexibility index (Phi) is 18.2. The Morgan fingerprint density at radius 3 is 1.33 bits per heavy atom. The van der Waals surface area contributed by atoms with Gasteiger partial charge in [0.15, 0.2) is 0 Å². The number of nitrogens with one attached hydrogen (secondary N) is 3. The summed E-state index contributed by atoms with van der Waals surface area (Å²) in [6, 6.07) is 13.6. The van der Waals surface area contributed by atoms with E-state index >= 15 is 0 Å². The summed E-state index contributed by atoms with van der Waals surface area (Å²) >= 11 is 0. The first-order valence-corrected chi connectivity index (χ1v) is 14.6. The number of fused-ring (bicyclic) bond motifs is 2. The van der Waals surface area contributed by atoms with Crippen molar-refractivity contribution in [3.05, 3.63) is 72.1 Å². The molecule has 17 nitrogen and oxygen atoms in total. The molecule has 1 saturated heterocycles. The van der Waals surface area contributed by atoms with Crippen LogP contribution in [0.4, 0.5) is 0 Å². The van der Waals surface area contributed by atoms with Crippen LogP contribution in [0.2, 0.25) is 0 Å². The number of aliphatic carboxylic acids is 5. The predicted molar refractivity (Wildman–Crippen MR) is 177 cm³/mol. The highest BCUT2D eigenvalue weighted by atomic mass is 16.4. The van der Waals surface area contributed by atoms with Crippen LogP contribution in [0.1, 0.15) is 24.0 Å². The largest absolute Gasteiger partial charge is 0.480 e. The van der Waals surface area contributed by atoms with E-state index in [2.05, 4.69) is 26.8 Å². The van der Waals surface area contributed by atoms with Gasteiger partial charge >= 0.3 is 29.8 Å². The number of aromatic amines is 2. The van der Waals surface area contributed by atoms with E-state index < -0.39 is 41.9 Å². The first-order valence-electron chi connectivity index (χ1n) is 14.6. The van der Waals surface area contributed by atoms with Crippen molar-refractivity contribution in [1.29, 1.82) is 0 Å². The van der Waals surface area contributed by atoms with Crippen LogP contribution in [0, 0.1) is 0 Å². The molecule has 2 aromatic carbocycles. The molecule has 48 heavy (non-hydrogen) atoms. The Morgan fingerprint density at radius 2 is 1.06 bits per heavy atom. The molecule has 1 fully saturated rings. The van der Waals surface area contributed by atoms with Gasteiger partial charge < -0.3 is 63.8 Å². The number of carboxylic acid groups (broad SMARTS) is 5. The van der Waals surface area contributed by atoms with Crippen molar-refractivity contribution in [3.63, 3.8) is 0 Å². The highest BCUT2D eigenvalue weighted by molar-refractivity contribution is 5.85. The first kappa shape index (κ1) is 40.7. The lowest BCUT2D eigenvalue weighted by Crippen LogP contribution is -2.32. The monoisotopic (exact) mass is 673 g/mol. The number of para-hydroxylation sites is 2. The molecular weight excluding hydrogens is 630 g/mol. The van der Waals surface area contributed by atoms with Gasteiger partial charge in [0, 0.05) is 47.0 Å². The van der Waals surface area contributed by atoms with Crippen LogP contribution >= 0.6 is 0 Å². The Morgan fingerprint density at radius 1 is 0.688 bits per heavy atom. The van der Waals surface area contributed by atoms with Crippen molar-refractivity contribution in [2.24, 2.45) is 22.9 Å². The summed E-state index contributed by atoms with van der Waals surface area (Å²) in [4.78, 5) is 56.0. The summed E-state index contributed by atoms with van der Waals surface area (Å²) in [5.41, 5.74) is 24.0. The van der Waals surface area contributed by atoms with Crippen molar-refractivity contribution in [2.45, 2.75) is 43.8 Å². The number of carbonyl (C=O) groups is 5. The van der Waals surface area contributed by atoms with Crippen LogP contribution in [-0.2, 0) is 36.8 Å². The first-order chi connectivity index (χ1) is 22.7. The van der Waals surface area contributed by atoms with Crippen molar-refractivity contribution in [1.82, 2.24) is 15.3 Å². The smallest absolute Gasteiger partial charge is 0.320 e. The minimum atomic E-state index is -0.972. The van der Waals surface area contributed by atoms with E-state index in [-0.39, 0.29) is 19.1 Å². The number of hydrogen-bond acceptors (Lipinski definition) is 10. The van der Waals surface area contributed by atoms with Crippen molar-refractivity contribution < 1.29 is 49.5 Å². The Balaban J connectivity index is 0.000000325. The Bertz CT molecular complexity index is 1510. The van der Waals surface area contributed by atoms with Crippen molar-refractivity contribution in [3.8, 4) is 0 Å². The third-order valence-electron chi connectivity index (χ3n) is 6.57. The highest BCUT2D eigenvalue weighted by Gasteiger charge is 2.20. The second-order valence-corrected chi connectivity index (χ2v) is 10.2. The molecule has 4 aromatic rings. The maximum atomic E-state index is 10.6. The number of hydrogen-bond donors (Lipinski definition) is 12. The van der Waals surface area contributed by atoms with Gasteiger partial charge in [-0.3, -0.25) is 24.0 Å². The zero-order chi connectivity index (χ0) is 36.2. The minimum Gasteiger partial charge on any atom is -0.480 e. The fraction of sp³-hybridized carbons (Fsp3) is 0.323.